The molecular formula is C19H24N2O3S. The minimum Gasteiger partial charge on any atom is -0.462 e. The molecule has 0 aliphatic heterocycles. The summed E-state index contributed by atoms with van der Waals surface area (Å²) >= 11 is 1.48. The summed E-state index contributed by atoms with van der Waals surface area (Å²) in [6.45, 7) is 2.37. The van der Waals surface area contributed by atoms with Crippen LogP contribution in [0, 0.1) is 0 Å². The van der Waals surface area contributed by atoms with Crippen molar-refractivity contribution < 1.29 is 14.6 Å². The Morgan fingerprint density at radius 1 is 1.44 bits per heavy atom. The Hall–Kier alpha value is -1.92. The van der Waals surface area contributed by atoms with Crippen molar-refractivity contribution in [3.8, 4) is 10.6 Å². The van der Waals surface area contributed by atoms with Gasteiger partial charge in [-0.25, -0.2) is 9.78 Å². The van der Waals surface area contributed by atoms with Crippen molar-refractivity contribution in [2.75, 3.05) is 25.6 Å². The van der Waals surface area contributed by atoms with E-state index in [1.807, 2.05) is 44.1 Å². The van der Waals surface area contributed by atoms with Gasteiger partial charge in [-0.2, -0.15) is 0 Å². The zero-order chi connectivity index (χ0) is 18.0. The Bertz CT molecular complexity index is 770. The standard InChI is InChI=1S/C19H24N2O3S/c1-4-10-24-19(23)14-11-12(21(2)3)8-9-13(14)18-20-15-6-5-7-16(22)17(15)25-18/h8-9,11,16,22H,4-7,10H2,1-3H3. The Morgan fingerprint density at radius 2 is 2.24 bits per heavy atom. The van der Waals surface area contributed by atoms with E-state index in [-0.39, 0.29) is 5.97 Å². The first-order valence-corrected chi connectivity index (χ1v) is 9.49. The molecule has 0 radical (unpaired) electrons. The SMILES string of the molecule is CCCOC(=O)c1cc(N(C)C)ccc1-c1nc2c(s1)C(O)CCC2. The van der Waals surface area contributed by atoms with Crippen LogP contribution in [0.1, 0.15) is 53.2 Å². The minimum atomic E-state index is -0.438. The first-order valence-electron chi connectivity index (χ1n) is 8.67. The third-order valence-electron chi connectivity index (χ3n) is 4.33. The van der Waals surface area contributed by atoms with Gasteiger partial charge in [0.05, 0.1) is 28.8 Å². The molecule has 3 rings (SSSR count). The lowest BCUT2D eigenvalue weighted by atomic mass is 10.0. The van der Waals surface area contributed by atoms with E-state index in [0.717, 1.165) is 52.5 Å². The molecule has 6 heteroatoms. The predicted molar refractivity (Wildman–Crippen MR) is 100 cm³/mol. The first kappa shape index (κ1) is 17.9. The number of esters is 1. The van der Waals surface area contributed by atoms with Crippen molar-refractivity contribution in [1.82, 2.24) is 4.98 Å². The molecule has 0 bridgehead atoms. The van der Waals surface area contributed by atoms with Crippen molar-refractivity contribution in [2.24, 2.45) is 0 Å². The number of aliphatic hydroxyl groups excluding tert-OH is 1. The predicted octanol–water partition coefficient (Wildman–Crippen LogP) is 3.81. The van der Waals surface area contributed by atoms with Crippen LogP contribution in [0.4, 0.5) is 5.69 Å². The summed E-state index contributed by atoms with van der Waals surface area (Å²) < 4.78 is 5.37. The summed E-state index contributed by atoms with van der Waals surface area (Å²) in [6, 6.07) is 5.75. The number of aryl methyl sites for hydroxylation is 1. The zero-order valence-electron chi connectivity index (χ0n) is 14.9. The third-order valence-corrected chi connectivity index (χ3v) is 5.56. The summed E-state index contributed by atoms with van der Waals surface area (Å²) in [7, 11) is 3.88. The molecule has 0 amide bonds. The number of aliphatic hydroxyl groups is 1. The summed E-state index contributed by atoms with van der Waals surface area (Å²) in [5.41, 5.74) is 3.20. The molecule has 0 fully saturated rings. The smallest absolute Gasteiger partial charge is 0.338 e. The Labute approximate surface area is 152 Å². The molecule has 0 saturated heterocycles. The van der Waals surface area contributed by atoms with E-state index in [9.17, 15) is 9.90 Å². The van der Waals surface area contributed by atoms with E-state index in [2.05, 4.69) is 0 Å². The molecule has 1 heterocycles. The van der Waals surface area contributed by atoms with Gasteiger partial charge in [0.15, 0.2) is 0 Å². The Kier molecular flexibility index (Phi) is 5.39. The minimum absolute atomic E-state index is 0.325. The largest absolute Gasteiger partial charge is 0.462 e. The molecule has 5 nitrogen and oxygen atoms in total. The molecule has 1 atom stereocenters. The fourth-order valence-corrected chi connectivity index (χ4v) is 4.12. The Balaban J connectivity index is 2.04. The number of rotatable bonds is 5. The third kappa shape index (κ3) is 3.70. The maximum Gasteiger partial charge on any atom is 0.338 e. The van der Waals surface area contributed by atoms with Crippen molar-refractivity contribution in [1.29, 1.82) is 0 Å². The molecule has 1 aromatic carbocycles. The number of benzene rings is 1. The summed E-state index contributed by atoms with van der Waals surface area (Å²) in [5.74, 6) is -0.325. The monoisotopic (exact) mass is 360 g/mol. The quantitative estimate of drug-likeness (QED) is 0.822. The molecule has 25 heavy (non-hydrogen) atoms. The highest BCUT2D eigenvalue weighted by Crippen LogP contribution is 2.39. The molecule has 1 aliphatic carbocycles. The number of aromatic nitrogens is 1. The van der Waals surface area contributed by atoms with Gasteiger partial charge in [-0.1, -0.05) is 6.92 Å². The van der Waals surface area contributed by atoms with E-state index in [4.69, 9.17) is 9.72 Å². The van der Waals surface area contributed by atoms with Gasteiger partial charge in [0, 0.05) is 25.3 Å². The molecule has 1 N–H and O–H groups in total. The number of ether oxygens (including phenoxy) is 1. The number of nitrogens with zero attached hydrogens (tertiary/aromatic N) is 2. The normalized spacial score (nSPS) is 16.4. The Morgan fingerprint density at radius 3 is 2.92 bits per heavy atom. The fraction of sp³-hybridized carbons (Fsp3) is 0.474. The molecule has 1 aromatic heterocycles. The van der Waals surface area contributed by atoms with Crippen molar-refractivity contribution in [3.63, 3.8) is 0 Å². The zero-order valence-corrected chi connectivity index (χ0v) is 15.7. The average molecular weight is 360 g/mol. The molecular weight excluding hydrogens is 336 g/mol. The van der Waals surface area contributed by atoms with Gasteiger partial charge >= 0.3 is 5.97 Å². The van der Waals surface area contributed by atoms with Gasteiger partial charge < -0.3 is 14.7 Å². The lowest BCUT2D eigenvalue weighted by Gasteiger charge is -2.15. The number of carbonyl (C=O) groups excluding carboxylic acids is 1. The highest BCUT2D eigenvalue weighted by Gasteiger charge is 2.25. The second kappa shape index (κ2) is 7.54. The van der Waals surface area contributed by atoms with Crippen LogP contribution in [-0.4, -0.2) is 36.8 Å². The molecule has 1 unspecified atom stereocenters. The van der Waals surface area contributed by atoms with Crippen LogP contribution in [0.3, 0.4) is 0 Å². The lowest BCUT2D eigenvalue weighted by Crippen LogP contribution is -2.12. The average Bonchev–Trinajstić information content (AvgIpc) is 3.04. The van der Waals surface area contributed by atoms with Gasteiger partial charge in [0.25, 0.3) is 0 Å². The van der Waals surface area contributed by atoms with Crippen LogP contribution >= 0.6 is 11.3 Å². The van der Waals surface area contributed by atoms with Crippen LogP contribution in [0.5, 0.6) is 0 Å². The van der Waals surface area contributed by atoms with Crippen molar-refractivity contribution in [3.05, 3.63) is 34.3 Å². The summed E-state index contributed by atoms with van der Waals surface area (Å²) in [4.78, 5) is 20.2. The van der Waals surface area contributed by atoms with E-state index in [1.54, 1.807) is 0 Å². The molecule has 0 saturated carbocycles. The maximum absolute atomic E-state index is 12.6. The van der Waals surface area contributed by atoms with Crippen LogP contribution in [0.25, 0.3) is 10.6 Å². The number of anilines is 1. The summed E-state index contributed by atoms with van der Waals surface area (Å²) in [5, 5.41) is 11.0. The topological polar surface area (TPSA) is 62.7 Å². The van der Waals surface area contributed by atoms with Gasteiger partial charge in [-0.15, -0.1) is 11.3 Å². The van der Waals surface area contributed by atoms with Crippen LogP contribution in [0.2, 0.25) is 0 Å². The maximum atomic E-state index is 12.6. The van der Waals surface area contributed by atoms with E-state index in [1.165, 1.54) is 11.3 Å². The second-order valence-corrected chi connectivity index (χ2v) is 7.53. The van der Waals surface area contributed by atoms with Gasteiger partial charge in [-0.3, -0.25) is 0 Å². The molecule has 2 aromatic rings. The van der Waals surface area contributed by atoms with Crippen LogP contribution in [0.15, 0.2) is 18.2 Å². The van der Waals surface area contributed by atoms with Gasteiger partial charge in [0.1, 0.15) is 5.01 Å². The number of thiazole rings is 1. The van der Waals surface area contributed by atoms with Crippen LogP contribution < -0.4 is 4.90 Å². The highest BCUT2D eigenvalue weighted by atomic mass is 32.1. The lowest BCUT2D eigenvalue weighted by molar-refractivity contribution is 0.0506. The van der Waals surface area contributed by atoms with Crippen LogP contribution in [-0.2, 0) is 11.2 Å². The van der Waals surface area contributed by atoms with Crippen molar-refractivity contribution in [2.45, 2.75) is 38.7 Å². The van der Waals surface area contributed by atoms with E-state index in [0.29, 0.717) is 12.2 Å². The fourth-order valence-electron chi connectivity index (χ4n) is 2.95. The van der Waals surface area contributed by atoms with Gasteiger partial charge in [0.2, 0.25) is 0 Å². The molecule has 1 aliphatic rings. The molecule has 0 spiro atoms. The van der Waals surface area contributed by atoms with E-state index < -0.39 is 6.10 Å². The molecule has 134 valence electrons. The van der Waals surface area contributed by atoms with E-state index >= 15 is 0 Å². The van der Waals surface area contributed by atoms with Gasteiger partial charge in [-0.05, 0) is 43.9 Å². The highest BCUT2D eigenvalue weighted by molar-refractivity contribution is 7.15. The number of carbonyl (C=O) groups is 1. The van der Waals surface area contributed by atoms with Crippen molar-refractivity contribution >= 4 is 23.0 Å². The second-order valence-electron chi connectivity index (χ2n) is 6.50. The number of fused-ring (bicyclic) bond motifs is 1. The summed E-state index contributed by atoms with van der Waals surface area (Å²) in [6.07, 6.45) is 2.95. The number of hydrogen-bond donors (Lipinski definition) is 1. The number of hydrogen-bond acceptors (Lipinski definition) is 6. The first-order chi connectivity index (χ1) is 12.0.